The normalized spacial score (nSPS) is 18.8. The molecule has 7 nitrogen and oxygen atoms in total. The van der Waals surface area contributed by atoms with E-state index in [-0.39, 0.29) is 12.2 Å². The van der Waals surface area contributed by atoms with Crippen LogP contribution in [0.2, 0.25) is 0 Å². The van der Waals surface area contributed by atoms with Gasteiger partial charge in [0.05, 0.1) is 5.69 Å². The van der Waals surface area contributed by atoms with Crippen LogP contribution in [-0.2, 0) is 16.0 Å². The smallest absolute Gasteiger partial charge is 0.327 e. The van der Waals surface area contributed by atoms with E-state index in [2.05, 4.69) is 5.32 Å². The second kappa shape index (κ2) is 5.59. The van der Waals surface area contributed by atoms with Gasteiger partial charge in [0, 0.05) is 10.6 Å². The second-order valence-electron chi connectivity index (χ2n) is 4.48. The van der Waals surface area contributed by atoms with Gasteiger partial charge in [-0.3, -0.25) is 4.79 Å². The third kappa shape index (κ3) is 2.97. The molecule has 1 heterocycles. The van der Waals surface area contributed by atoms with Gasteiger partial charge in [-0.1, -0.05) is 0 Å². The summed E-state index contributed by atoms with van der Waals surface area (Å²) in [5.74, 6) is -1.87. The minimum Gasteiger partial charge on any atom is -0.506 e. The lowest BCUT2D eigenvalue weighted by atomic mass is 10.1. The van der Waals surface area contributed by atoms with Crippen LogP contribution in [0, 0.1) is 0 Å². The van der Waals surface area contributed by atoms with E-state index in [0.717, 1.165) is 0 Å². The molecule has 2 rings (SSSR count). The number of thioether (sulfide) groups is 1. The van der Waals surface area contributed by atoms with E-state index in [1.54, 1.807) is 6.07 Å². The molecule has 0 aliphatic carbocycles. The topological polar surface area (TPSA) is 133 Å². The fraction of sp³-hybridized carbons (Fsp3) is 0.333. The fourth-order valence-electron chi connectivity index (χ4n) is 1.90. The van der Waals surface area contributed by atoms with Crippen molar-refractivity contribution < 1.29 is 24.9 Å². The summed E-state index contributed by atoms with van der Waals surface area (Å²) in [7, 11) is 0. The molecule has 1 aliphatic rings. The van der Waals surface area contributed by atoms with E-state index in [9.17, 15) is 14.7 Å². The number of aromatic hydroxyl groups is 1. The van der Waals surface area contributed by atoms with Crippen molar-refractivity contribution in [3.63, 3.8) is 0 Å². The maximum absolute atomic E-state index is 10.9. The first-order valence-corrected chi connectivity index (χ1v) is 6.83. The Hall–Kier alpha value is -1.93. The Balaban J connectivity index is 2.24. The largest absolute Gasteiger partial charge is 0.506 e. The lowest BCUT2D eigenvalue weighted by molar-refractivity contribution is -0.139. The standard InChI is InChI=1S/C12H14N2O5S/c13-6(11(16)17)1-5-2-8(15)10-9(3-5)20-4-7(14-10)12(18)19/h2-3,6-7,14-15H,1,4,13H2,(H,16,17)(H,18,19)/t6-,7+/m0/s1. The molecule has 0 bridgehead atoms. The zero-order chi connectivity index (χ0) is 14.9. The van der Waals surface area contributed by atoms with Gasteiger partial charge in [0.15, 0.2) is 0 Å². The molecule has 1 aliphatic heterocycles. The number of nitrogens with one attached hydrogen (secondary N) is 1. The van der Waals surface area contributed by atoms with Crippen LogP contribution < -0.4 is 11.1 Å². The molecular formula is C12H14N2O5S. The molecule has 6 N–H and O–H groups in total. The number of carbonyl (C=O) groups is 2. The molecule has 0 saturated heterocycles. The highest BCUT2D eigenvalue weighted by Crippen LogP contribution is 2.40. The van der Waals surface area contributed by atoms with E-state index in [0.29, 0.717) is 21.9 Å². The number of aliphatic carboxylic acids is 2. The minimum absolute atomic E-state index is 0.0963. The number of anilines is 1. The molecule has 0 amide bonds. The van der Waals surface area contributed by atoms with Gasteiger partial charge in [0.25, 0.3) is 0 Å². The van der Waals surface area contributed by atoms with E-state index < -0.39 is 24.0 Å². The van der Waals surface area contributed by atoms with Gasteiger partial charge in [0.1, 0.15) is 17.8 Å². The van der Waals surface area contributed by atoms with Gasteiger partial charge in [-0.2, -0.15) is 0 Å². The van der Waals surface area contributed by atoms with Crippen LogP contribution >= 0.6 is 11.8 Å². The monoisotopic (exact) mass is 298 g/mol. The second-order valence-corrected chi connectivity index (χ2v) is 5.54. The van der Waals surface area contributed by atoms with Crippen molar-refractivity contribution in [1.82, 2.24) is 0 Å². The van der Waals surface area contributed by atoms with Crippen LogP contribution in [0.3, 0.4) is 0 Å². The summed E-state index contributed by atoms with van der Waals surface area (Å²) in [6.07, 6.45) is 0.0963. The van der Waals surface area contributed by atoms with E-state index in [1.807, 2.05) is 0 Å². The molecule has 1 aromatic carbocycles. The van der Waals surface area contributed by atoms with E-state index in [1.165, 1.54) is 17.8 Å². The number of phenolic OH excluding ortho intramolecular Hbond substituents is 1. The number of carboxylic acids is 2. The Kier molecular flexibility index (Phi) is 4.05. The summed E-state index contributed by atoms with van der Waals surface area (Å²) >= 11 is 1.30. The van der Waals surface area contributed by atoms with E-state index >= 15 is 0 Å². The maximum Gasteiger partial charge on any atom is 0.327 e. The first kappa shape index (κ1) is 14.5. The lowest BCUT2D eigenvalue weighted by Gasteiger charge is -2.25. The van der Waals surface area contributed by atoms with Gasteiger partial charge < -0.3 is 26.4 Å². The summed E-state index contributed by atoms with van der Waals surface area (Å²) in [5, 5.41) is 30.4. The highest BCUT2D eigenvalue weighted by atomic mass is 32.2. The van der Waals surface area contributed by atoms with Crippen LogP contribution in [0.25, 0.3) is 0 Å². The first-order valence-electron chi connectivity index (χ1n) is 5.85. The summed E-state index contributed by atoms with van der Waals surface area (Å²) in [5.41, 5.74) is 6.41. The first-order chi connectivity index (χ1) is 9.38. The Morgan fingerprint density at radius 3 is 2.75 bits per heavy atom. The van der Waals surface area contributed by atoms with Crippen LogP contribution in [0.4, 0.5) is 5.69 Å². The van der Waals surface area contributed by atoms with Crippen molar-refractivity contribution in [2.45, 2.75) is 23.4 Å². The van der Waals surface area contributed by atoms with Crippen molar-refractivity contribution in [1.29, 1.82) is 0 Å². The molecule has 0 fully saturated rings. The summed E-state index contributed by atoms with van der Waals surface area (Å²) < 4.78 is 0. The molecule has 2 atom stereocenters. The molecule has 108 valence electrons. The number of phenols is 1. The Morgan fingerprint density at radius 1 is 1.45 bits per heavy atom. The fourth-order valence-corrected chi connectivity index (χ4v) is 3.01. The Labute approximate surface area is 118 Å². The predicted octanol–water partition coefficient (Wildman–Crippen LogP) is 0.317. The SMILES string of the molecule is N[C@@H](Cc1cc(O)c2c(c1)SC[C@H](C(=O)O)N2)C(=O)O. The van der Waals surface area contributed by atoms with Crippen molar-refractivity contribution >= 4 is 29.4 Å². The molecule has 1 aromatic rings. The van der Waals surface area contributed by atoms with Gasteiger partial charge in [-0.15, -0.1) is 11.8 Å². The minimum atomic E-state index is -1.11. The highest BCUT2D eigenvalue weighted by Gasteiger charge is 2.26. The van der Waals surface area contributed by atoms with Gasteiger partial charge in [-0.05, 0) is 24.1 Å². The molecule has 0 saturated carbocycles. The number of hydrogen-bond donors (Lipinski definition) is 5. The third-order valence-corrected chi connectivity index (χ3v) is 4.07. The molecule has 0 aromatic heterocycles. The average Bonchev–Trinajstić information content (AvgIpc) is 2.38. The number of carboxylic acid groups (broad SMARTS) is 2. The van der Waals surface area contributed by atoms with Crippen molar-refractivity contribution in [3.05, 3.63) is 17.7 Å². The van der Waals surface area contributed by atoms with Crippen LogP contribution in [-0.4, -0.2) is 45.1 Å². The van der Waals surface area contributed by atoms with Crippen LogP contribution in [0.15, 0.2) is 17.0 Å². The third-order valence-electron chi connectivity index (χ3n) is 2.94. The number of rotatable bonds is 4. The lowest BCUT2D eigenvalue weighted by Crippen LogP contribution is -2.34. The van der Waals surface area contributed by atoms with Crippen molar-refractivity contribution in [2.75, 3.05) is 11.1 Å². The molecule has 20 heavy (non-hydrogen) atoms. The molecule has 0 radical (unpaired) electrons. The molecule has 0 spiro atoms. The average molecular weight is 298 g/mol. The van der Waals surface area contributed by atoms with Crippen LogP contribution in [0.5, 0.6) is 5.75 Å². The summed E-state index contributed by atoms with van der Waals surface area (Å²) in [6.45, 7) is 0. The summed E-state index contributed by atoms with van der Waals surface area (Å²) in [4.78, 5) is 22.3. The zero-order valence-electron chi connectivity index (χ0n) is 10.4. The van der Waals surface area contributed by atoms with Crippen molar-refractivity contribution in [3.8, 4) is 5.75 Å². The van der Waals surface area contributed by atoms with Crippen LogP contribution in [0.1, 0.15) is 5.56 Å². The summed E-state index contributed by atoms with van der Waals surface area (Å²) in [6, 6.07) is 1.32. The van der Waals surface area contributed by atoms with Gasteiger partial charge in [-0.25, -0.2) is 4.79 Å². The Morgan fingerprint density at radius 2 is 2.15 bits per heavy atom. The van der Waals surface area contributed by atoms with Gasteiger partial charge >= 0.3 is 11.9 Å². The number of fused-ring (bicyclic) bond motifs is 1. The molecular weight excluding hydrogens is 284 g/mol. The predicted molar refractivity (Wildman–Crippen MR) is 73.2 cm³/mol. The van der Waals surface area contributed by atoms with Gasteiger partial charge in [0.2, 0.25) is 0 Å². The maximum atomic E-state index is 10.9. The highest BCUT2D eigenvalue weighted by molar-refractivity contribution is 7.99. The van der Waals surface area contributed by atoms with Crippen molar-refractivity contribution in [2.24, 2.45) is 5.73 Å². The number of nitrogens with two attached hydrogens (primary N) is 1. The quantitative estimate of drug-likeness (QED) is 0.502. The number of benzene rings is 1. The Bertz CT molecular complexity index is 563. The zero-order valence-corrected chi connectivity index (χ0v) is 11.2. The number of hydrogen-bond acceptors (Lipinski definition) is 6. The molecule has 0 unspecified atom stereocenters. The van der Waals surface area contributed by atoms with E-state index in [4.69, 9.17) is 15.9 Å². The molecule has 8 heteroatoms.